The number of esters is 7. The van der Waals surface area contributed by atoms with Crippen LogP contribution >= 0.6 is 15.9 Å². The van der Waals surface area contributed by atoms with Crippen LogP contribution in [0.15, 0.2) is 0 Å². The summed E-state index contributed by atoms with van der Waals surface area (Å²) in [6, 6.07) is 0. The van der Waals surface area contributed by atoms with Crippen molar-refractivity contribution in [3.05, 3.63) is 0 Å². The highest BCUT2D eigenvalue weighted by Gasteiger charge is 2.57. The number of carbonyl (C=O) groups is 7. The lowest BCUT2D eigenvalue weighted by Gasteiger charge is -2.48. The van der Waals surface area contributed by atoms with Gasteiger partial charge in [0.25, 0.3) is 0 Å². The van der Waals surface area contributed by atoms with Crippen LogP contribution in [0.2, 0.25) is 0 Å². The minimum atomic E-state index is -1.73. The minimum absolute atomic E-state index is 0.460. The predicted molar refractivity (Wildman–Crippen MR) is 142 cm³/mol. The maximum Gasteiger partial charge on any atom is 0.303 e. The molecular weight excluding hydrogens is 664 g/mol. The fourth-order valence-corrected chi connectivity index (χ4v) is 5.15. The molecule has 17 nitrogen and oxygen atoms in total. The van der Waals surface area contributed by atoms with Crippen molar-refractivity contribution < 1.29 is 80.9 Å². The van der Waals surface area contributed by atoms with Crippen LogP contribution < -0.4 is 0 Å². The molecule has 2 saturated heterocycles. The summed E-state index contributed by atoms with van der Waals surface area (Å²) in [5, 5.41) is -1.09. The highest BCUT2D eigenvalue weighted by atomic mass is 79.9. The standard InChI is InChI=1S/C26H35BrO17/c1-10(28)35-8-17-20(21(38-13(4)31)23(25(27)42-17)40-15(6)33)44-26-24(41-16(7)34)22(39-14(5)32)19(37-12(3)30)18(43-26)9-36-11(2)29/h17-26H,8-9H2,1-7H3/t17?,18?,19-,20+,21-,22?,23?,24-,25-,26-/m0/s1. The number of rotatable bonds is 11. The van der Waals surface area contributed by atoms with Crippen molar-refractivity contribution in [1.82, 2.24) is 0 Å². The van der Waals surface area contributed by atoms with Gasteiger partial charge in [0.05, 0.1) is 0 Å². The van der Waals surface area contributed by atoms with E-state index in [0.29, 0.717) is 0 Å². The number of hydrogen-bond acceptors (Lipinski definition) is 17. The number of hydrogen-bond donors (Lipinski definition) is 0. The highest BCUT2D eigenvalue weighted by Crippen LogP contribution is 2.36. The predicted octanol–water partition coefficient (Wildman–Crippen LogP) is 0.00100. The Hall–Kier alpha value is -3.35. The first kappa shape index (κ1) is 36.8. The molecule has 0 amide bonds. The molecule has 0 bridgehead atoms. The van der Waals surface area contributed by atoms with Crippen LogP contribution in [0.4, 0.5) is 0 Å². The molecule has 2 aliphatic rings. The fraction of sp³-hybridized carbons (Fsp3) is 0.731. The first-order valence-corrected chi connectivity index (χ1v) is 14.1. The fourth-order valence-electron chi connectivity index (χ4n) is 4.46. The Balaban J connectivity index is 2.66. The molecule has 0 saturated carbocycles. The van der Waals surface area contributed by atoms with Gasteiger partial charge in [-0.05, 0) is 0 Å². The molecule has 18 heteroatoms. The van der Waals surface area contributed by atoms with Crippen LogP contribution in [0.3, 0.4) is 0 Å². The van der Waals surface area contributed by atoms with Crippen molar-refractivity contribution in [2.75, 3.05) is 13.2 Å². The van der Waals surface area contributed by atoms with Crippen molar-refractivity contribution in [3.63, 3.8) is 0 Å². The summed E-state index contributed by atoms with van der Waals surface area (Å²) < 4.78 is 55.2. The van der Waals surface area contributed by atoms with Gasteiger partial charge in [-0.25, -0.2) is 0 Å². The lowest BCUT2D eigenvalue weighted by Crippen LogP contribution is -2.66. The molecule has 44 heavy (non-hydrogen) atoms. The zero-order chi connectivity index (χ0) is 33.3. The van der Waals surface area contributed by atoms with E-state index in [2.05, 4.69) is 15.9 Å². The molecule has 0 radical (unpaired) electrons. The molecule has 2 aliphatic heterocycles. The van der Waals surface area contributed by atoms with Gasteiger partial charge >= 0.3 is 41.8 Å². The Morgan fingerprint density at radius 2 is 0.841 bits per heavy atom. The van der Waals surface area contributed by atoms with E-state index in [1.807, 2.05) is 0 Å². The van der Waals surface area contributed by atoms with Crippen molar-refractivity contribution >= 4 is 57.7 Å². The van der Waals surface area contributed by atoms with E-state index < -0.39 is 115 Å². The molecule has 0 aliphatic carbocycles. The number of carbonyl (C=O) groups excluding carboxylic acids is 7. The van der Waals surface area contributed by atoms with E-state index in [0.717, 1.165) is 48.5 Å². The Labute approximate surface area is 260 Å². The molecule has 0 spiro atoms. The molecule has 2 heterocycles. The summed E-state index contributed by atoms with van der Waals surface area (Å²) in [5.74, 6) is -5.63. The number of alkyl halides is 1. The lowest BCUT2D eigenvalue weighted by molar-refractivity contribution is -0.341. The van der Waals surface area contributed by atoms with Crippen LogP contribution in [0.5, 0.6) is 0 Å². The zero-order valence-corrected chi connectivity index (χ0v) is 26.6. The molecule has 0 N–H and O–H groups in total. The van der Waals surface area contributed by atoms with Crippen molar-refractivity contribution in [2.45, 2.75) is 109 Å². The molecule has 2 rings (SSSR count). The van der Waals surface area contributed by atoms with Gasteiger partial charge in [-0.15, -0.1) is 0 Å². The third-order valence-electron chi connectivity index (χ3n) is 5.87. The van der Waals surface area contributed by atoms with Gasteiger partial charge in [0.15, 0.2) is 41.8 Å². The van der Waals surface area contributed by atoms with E-state index in [-0.39, 0.29) is 0 Å². The van der Waals surface area contributed by atoms with E-state index in [9.17, 15) is 33.6 Å². The molecule has 0 aromatic heterocycles. The van der Waals surface area contributed by atoms with Gasteiger partial charge in [0.2, 0.25) is 0 Å². The van der Waals surface area contributed by atoms with Crippen LogP contribution in [0, 0.1) is 0 Å². The first-order chi connectivity index (χ1) is 20.5. The third-order valence-corrected chi connectivity index (χ3v) is 6.61. The van der Waals surface area contributed by atoms with Crippen molar-refractivity contribution in [1.29, 1.82) is 0 Å². The summed E-state index contributed by atoms with van der Waals surface area (Å²) in [6.45, 7) is 6.57. The van der Waals surface area contributed by atoms with Gasteiger partial charge in [-0.3, -0.25) is 33.6 Å². The summed E-state index contributed by atoms with van der Waals surface area (Å²) in [4.78, 5) is 83.8. The van der Waals surface area contributed by atoms with Gasteiger partial charge in [-0.1, -0.05) is 15.9 Å². The third kappa shape index (κ3) is 11.0. The average molecular weight is 699 g/mol. The van der Waals surface area contributed by atoms with E-state index in [1.54, 1.807) is 0 Å². The molecular formula is C26H35BrO17. The largest absolute Gasteiger partial charge is 0.463 e. The zero-order valence-electron chi connectivity index (χ0n) is 25.0. The van der Waals surface area contributed by atoms with E-state index >= 15 is 0 Å². The van der Waals surface area contributed by atoms with Gasteiger partial charge < -0.3 is 47.4 Å². The van der Waals surface area contributed by atoms with E-state index in [4.69, 9.17) is 47.4 Å². The summed E-state index contributed by atoms with van der Waals surface area (Å²) in [6.07, 6.45) is -13.2. The first-order valence-electron chi connectivity index (χ1n) is 13.2. The maximum absolute atomic E-state index is 12.2. The Kier molecular flexibility index (Phi) is 13.9. The smallest absolute Gasteiger partial charge is 0.303 e. The Morgan fingerprint density at radius 3 is 1.27 bits per heavy atom. The monoisotopic (exact) mass is 698 g/mol. The second-order valence-electron chi connectivity index (χ2n) is 9.64. The van der Waals surface area contributed by atoms with Gasteiger partial charge in [-0.2, -0.15) is 0 Å². The topological polar surface area (TPSA) is 212 Å². The lowest BCUT2D eigenvalue weighted by atomic mass is 9.96. The van der Waals surface area contributed by atoms with Gasteiger partial charge in [0, 0.05) is 48.5 Å². The molecule has 248 valence electrons. The normalized spacial score (nSPS) is 31.5. The minimum Gasteiger partial charge on any atom is -0.463 e. The van der Waals surface area contributed by atoms with Crippen LogP contribution in [-0.2, 0) is 80.9 Å². The average Bonchev–Trinajstić information content (AvgIpc) is 2.87. The Morgan fingerprint density at radius 1 is 0.477 bits per heavy atom. The van der Waals surface area contributed by atoms with Crippen LogP contribution in [-0.4, -0.2) is 115 Å². The molecule has 0 aromatic rings. The second-order valence-corrected chi connectivity index (χ2v) is 10.5. The second kappa shape index (κ2) is 16.6. The van der Waals surface area contributed by atoms with Gasteiger partial charge in [0.1, 0.15) is 31.5 Å². The van der Waals surface area contributed by atoms with Crippen molar-refractivity contribution in [2.24, 2.45) is 0 Å². The summed E-state index contributed by atoms with van der Waals surface area (Å²) >= 11 is 3.23. The maximum atomic E-state index is 12.2. The molecule has 2 fully saturated rings. The van der Waals surface area contributed by atoms with Crippen molar-refractivity contribution in [3.8, 4) is 0 Å². The molecule has 4 unspecified atom stereocenters. The number of ether oxygens (including phenoxy) is 10. The molecule has 0 aromatic carbocycles. The number of halogens is 1. The highest BCUT2D eigenvalue weighted by molar-refractivity contribution is 9.09. The van der Waals surface area contributed by atoms with E-state index in [1.165, 1.54) is 0 Å². The summed E-state index contributed by atoms with van der Waals surface area (Å²) in [7, 11) is 0. The Bertz CT molecular complexity index is 1090. The SMILES string of the molecule is CC(=O)OCC1O[C@@H](O[C@@H]2C(COC(C)=O)O[C@H](Br)C(OC(C)=O)[C@H]2OC(C)=O)[C@@H](OC(C)=O)C(OC(C)=O)[C@H]1OC(C)=O. The van der Waals surface area contributed by atoms with Crippen LogP contribution in [0.1, 0.15) is 48.5 Å². The van der Waals surface area contributed by atoms with Crippen LogP contribution in [0.25, 0.3) is 0 Å². The molecule has 10 atom stereocenters. The quantitative estimate of drug-likeness (QED) is 0.158. The summed E-state index contributed by atoms with van der Waals surface area (Å²) in [5.41, 5.74) is 0.